The maximum absolute atomic E-state index is 12.3. The number of anilines is 1. The van der Waals surface area contributed by atoms with Crippen LogP contribution in [0.15, 0.2) is 24.3 Å². The first-order valence-corrected chi connectivity index (χ1v) is 5.14. The van der Waals surface area contributed by atoms with Crippen molar-refractivity contribution < 1.29 is 13.2 Å². The van der Waals surface area contributed by atoms with Crippen LogP contribution in [0.5, 0.6) is 0 Å². The fraction of sp³-hybridized carbons (Fsp3) is 0.455. The van der Waals surface area contributed by atoms with E-state index in [1.807, 2.05) is 4.90 Å². The molecule has 96 valence electrons. The van der Waals surface area contributed by atoms with Crippen molar-refractivity contribution in [3.8, 4) is 0 Å². The largest absolute Gasteiger partial charge is 0.416 e. The van der Waals surface area contributed by atoms with E-state index in [1.54, 1.807) is 0 Å². The lowest BCUT2D eigenvalue weighted by Gasteiger charge is -2.18. The van der Waals surface area contributed by atoms with Gasteiger partial charge in [-0.05, 0) is 30.7 Å². The Kier molecular flexibility index (Phi) is 4.27. The maximum atomic E-state index is 12.3. The van der Waals surface area contributed by atoms with Gasteiger partial charge in [0.25, 0.3) is 0 Å². The van der Waals surface area contributed by atoms with Gasteiger partial charge in [-0.1, -0.05) is 0 Å². The molecule has 1 heterocycles. The second-order valence-electron chi connectivity index (χ2n) is 4.04. The van der Waals surface area contributed by atoms with Crippen LogP contribution < -0.4 is 10.6 Å². The molecule has 1 unspecified atom stereocenters. The smallest absolute Gasteiger partial charge is 0.370 e. The first-order chi connectivity index (χ1) is 7.47. The molecular weight excluding hydrogens is 253 g/mol. The molecule has 2 nitrogen and oxygen atoms in total. The van der Waals surface area contributed by atoms with E-state index in [4.69, 9.17) is 5.73 Å². The lowest BCUT2D eigenvalue weighted by molar-refractivity contribution is -0.137. The minimum atomic E-state index is -4.26. The lowest BCUT2D eigenvalue weighted by atomic mass is 10.2. The summed E-state index contributed by atoms with van der Waals surface area (Å²) in [6.07, 6.45) is -3.37. The van der Waals surface area contributed by atoms with Crippen molar-refractivity contribution in [2.45, 2.75) is 18.6 Å². The maximum Gasteiger partial charge on any atom is 0.416 e. The second-order valence-corrected chi connectivity index (χ2v) is 4.04. The van der Waals surface area contributed by atoms with Crippen LogP contribution in [-0.4, -0.2) is 19.1 Å². The van der Waals surface area contributed by atoms with Gasteiger partial charge in [0, 0.05) is 24.8 Å². The molecule has 2 N–H and O–H groups in total. The molecule has 1 saturated heterocycles. The zero-order chi connectivity index (χ0) is 11.8. The van der Waals surface area contributed by atoms with Gasteiger partial charge in [-0.25, -0.2) is 0 Å². The Labute approximate surface area is 104 Å². The summed E-state index contributed by atoms with van der Waals surface area (Å²) in [5.41, 5.74) is 5.94. The van der Waals surface area contributed by atoms with Crippen LogP contribution >= 0.6 is 12.4 Å². The number of hydrogen-bond acceptors (Lipinski definition) is 2. The number of halogens is 4. The van der Waals surface area contributed by atoms with Gasteiger partial charge in [-0.3, -0.25) is 0 Å². The fourth-order valence-corrected chi connectivity index (χ4v) is 1.88. The number of rotatable bonds is 1. The van der Waals surface area contributed by atoms with Gasteiger partial charge in [0.2, 0.25) is 0 Å². The van der Waals surface area contributed by atoms with Crippen molar-refractivity contribution in [2.24, 2.45) is 5.73 Å². The highest BCUT2D eigenvalue weighted by Crippen LogP contribution is 2.31. The molecule has 1 aromatic rings. The lowest BCUT2D eigenvalue weighted by Crippen LogP contribution is -2.26. The third kappa shape index (κ3) is 3.26. The van der Waals surface area contributed by atoms with E-state index in [1.165, 1.54) is 12.1 Å². The standard InChI is InChI=1S/C11H13F3N2.ClH/c12-11(13,14)8-1-3-10(4-2-8)16-6-5-9(15)7-16;/h1-4,9H,5-7,15H2;1H. The van der Waals surface area contributed by atoms with E-state index in [-0.39, 0.29) is 18.4 Å². The molecule has 2 rings (SSSR count). The molecule has 0 amide bonds. The molecule has 1 atom stereocenters. The van der Waals surface area contributed by atoms with E-state index in [0.717, 1.165) is 30.8 Å². The minimum absolute atomic E-state index is 0. The molecule has 1 aliphatic rings. The number of benzene rings is 1. The third-order valence-corrected chi connectivity index (χ3v) is 2.78. The van der Waals surface area contributed by atoms with E-state index >= 15 is 0 Å². The number of nitrogens with two attached hydrogens (primary N) is 1. The molecule has 17 heavy (non-hydrogen) atoms. The molecule has 0 spiro atoms. The minimum Gasteiger partial charge on any atom is -0.370 e. The molecule has 6 heteroatoms. The summed E-state index contributed by atoms with van der Waals surface area (Å²) in [5, 5.41) is 0. The predicted octanol–water partition coefficient (Wildman–Crippen LogP) is 2.66. The van der Waals surface area contributed by atoms with Gasteiger partial charge in [-0.2, -0.15) is 13.2 Å². The van der Waals surface area contributed by atoms with Crippen LogP contribution in [0.3, 0.4) is 0 Å². The Balaban J connectivity index is 0.00000144. The van der Waals surface area contributed by atoms with E-state index in [2.05, 4.69) is 0 Å². The molecule has 0 bridgehead atoms. The first kappa shape index (κ1) is 14.1. The summed E-state index contributed by atoms with van der Waals surface area (Å²) < 4.78 is 37.0. The van der Waals surface area contributed by atoms with Gasteiger partial charge in [0.05, 0.1) is 5.56 Å². The van der Waals surface area contributed by atoms with Gasteiger partial charge in [0.1, 0.15) is 0 Å². The molecule has 0 radical (unpaired) electrons. The second kappa shape index (κ2) is 5.14. The summed E-state index contributed by atoms with van der Waals surface area (Å²) in [7, 11) is 0. The van der Waals surface area contributed by atoms with Gasteiger partial charge >= 0.3 is 6.18 Å². The molecule has 1 aliphatic heterocycles. The summed E-state index contributed by atoms with van der Waals surface area (Å²) in [5.74, 6) is 0. The highest BCUT2D eigenvalue weighted by atomic mass is 35.5. The molecule has 0 aromatic heterocycles. The highest BCUT2D eigenvalue weighted by molar-refractivity contribution is 5.85. The zero-order valence-corrected chi connectivity index (χ0v) is 9.89. The van der Waals surface area contributed by atoms with E-state index in [0.29, 0.717) is 6.54 Å². The predicted molar refractivity (Wildman–Crippen MR) is 63.5 cm³/mol. The van der Waals surface area contributed by atoms with Crippen molar-refractivity contribution in [3.63, 3.8) is 0 Å². The highest BCUT2D eigenvalue weighted by Gasteiger charge is 2.30. The normalized spacial score (nSPS) is 20.2. The molecule has 1 aromatic carbocycles. The Hall–Kier alpha value is -0.940. The van der Waals surface area contributed by atoms with Crippen LogP contribution in [0.25, 0.3) is 0 Å². The molecular formula is C11H14ClF3N2. The SMILES string of the molecule is Cl.NC1CCN(c2ccc(C(F)(F)F)cc2)C1. The van der Waals surface area contributed by atoms with Gasteiger partial charge in [0.15, 0.2) is 0 Å². The van der Waals surface area contributed by atoms with Crippen molar-refractivity contribution in [1.82, 2.24) is 0 Å². The van der Waals surface area contributed by atoms with Crippen LogP contribution in [0.2, 0.25) is 0 Å². The van der Waals surface area contributed by atoms with Gasteiger partial charge in [-0.15, -0.1) is 12.4 Å². The summed E-state index contributed by atoms with van der Waals surface area (Å²) in [6, 6.07) is 5.35. The van der Waals surface area contributed by atoms with Crippen molar-refractivity contribution in [1.29, 1.82) is 0 Å². The number of hydrogen-bond donors (Lipinski definition) is 1. The van der Waals surface area contributed by atoms with Crippen LogP contribution in [0, 0.1) is 0 Å². The number of alkyl halides is 3. The van der Waals surface area contributed by atoms with Crippen LogP contribution in [0.4, 0.5) is 18.9 Å². The van der Waals surface area contributed by atoms with Crippen molar-refractivity contribution in [2.75, 3.05) is 18.0 Å². The topological polar surface area (TPSA) is 29.3 Å². The molecule has 0 saturated carbocycles. The third-order valence-electron chi connectivity index (χ3n) is 2.78. The summed E-state index contributed by atoms with van der Waals surface area (Å²) >= 11 is 0. The fourth-order valence-electron chi connectivity index (χ4n) is 1.88. The molecule has 0 aliphatic carbocycles. The van der Waals surface area contributed by atoms with Gasteiger partial charge < -0.3 is 10.6 Å². The zero-order valence-electron chi connectivity index (χ0n) is 9.07. The Morgan fingerprint density at radius 2 is 1.76 bits per heavy atom. The van der Waals surface area contributed by atoms with Crippen molar-refractivity contribution >= 4 is 18.1 Å². The summed E-state index contributed by atoms with van der Waals surface area (Å²) in [4.78, 5) is 2.00. The Morgan fingerprint density at radius 1 is 1.18 bits per heavy atom. The monoisotopic (exact) mass is 266 g/mol. The average Bonchev–Trinajstić information content (AvgIpc) is 2.64. The van der Waals surface area contributed by atoms with Crippen LogP contribution in [0.1, 0.15) is 12.0 Å². The first-order valence-electron chi connectivity index (χ1n) is 5.14. The number of nitrogens with zero attached hydrogens (tertiary/aromatic N) is 1. The quantitative estimate of drug-likeness (QED) is 0.847. The van der Waals surface area contributed by atoms with Crippen molar-refractivity contribution in [3.05, 3.63) is 29.8 Å². The Bertz CT molecular complexity index is 364. The average molecular weight is 267 g/mol. The molecule has 1 fully saturated rings. The van der Waals surface area contributed by atoms with E-state index in [9.17, 15) is 13.2 Å². The van der Waals surface area contributed by atoms with E-state index < -0.39 is 11.7 Å². The Morgan fingerprint density at radius 3 is 2.18 bits per heavy atom. The summed E-state index contributed by atoms with van der Waals surface area (Å²) in [6.45, 7) is 1.53. The van der Waals surface area contributed by atoms with Crippen LogP contribution in [-0.2, 0) is 6.18 Å².